The Labute approximate surface area is 165 Å². The minimum atomic E-state index is -3.71. The van der Waals surface area contributed by atoms with Crippen molar-refractivity contribution in [3.8, 4) is 0 Å². The summed E-state index contributed by atoms with van der Waals surface area (Å²) >= 11 is 5.79. The molecule has 8 nitrogen and oxygen atoms in total. The third kappa shape index (κ3) is 7.04. The van der Waals surface area contributed by atoms with Crippen LogP contribution >= 0.6 is 11.6 Å². The summed E-state index contributed by atoms with van der Waals surface area (Å²) in [6.45, 7) is 1.35. The van der Waals surface area contributed by atoms with E-state index in [9.17, 15) is 21.6 Å². The molecule has 1 amide bonds. The molecule has 0 saturated carbocycles. The van der Waals surface area contributed by atoms with E-state index >= 15 is 0 Å². The number of halogens is 1. The Hall–Kier alpha value is -1.20. The zero-order valence-electron chi connectivity index (χ0n) is 15.0. The predicted molar refractivity (Wildman–Crippen MR) is 103 cm³/mol. The van der Waals surface area contributed by atoms with E-state index in [-0.39, 0.29) is 29.7 Å². The van der Waals surface area contributed by atoms with Gasteiger partial charge in [0.1, 0.15) is 0 Å². The molecule has 11 heteroatoms. The molecule has 1 fully saturated rings. The van der Waals surface area contributed by atoms with Crippen molar-refractivity contribution in [2.24, 2.45) is 5.92 Å². The van der Waals surface area contributed by atoms with Gasteiger partial charge in [0.25, 0.3) is 0 Å². The summed E-state index contributed by atoms with van der Waals surface area (Å²) in [7, 11) is -6.87. The van der Waals surface area contributed by atoms with Crippen LogP contribution in [0, 0.1) is 5.92 Å². The van der Waals surface area contributed by atoms with Crippen LogP contribution in [0.4, 0.5) is 0 Å². The zero-order chi connectivity index (χ0) is 20.1. The first-order valence-electron chi connectivity index (χ1n) is 8.55. The minimum Gasteiger partial charge on any atom is -0.356 e. The van der Waals surface area contributed by atoms with E-state index in [4.69, 9.17) is 11.6 Å². The van der Waals surface area contributed by atoms with Crippen LogP contribution in [-0.2, 0) is 24.8 Å². The van der Waals surface area contributed by atoms with E-state index in [1.165, 1.54) is 22.7 Å². The molecule has 0 aliphatic carbocycles. The van der Waals surface area contributed by atoms with Gasteiger partial charge in [-0.3, -0.25) is 4.79 Å². The lowest BCUT2D eigenvalue weighted by Crippen LogP contribution is -2.41. The van der Waals surface area contributed by atoms with Gasteiger partial charge in [-0.2, -0.15) is 0 Å². The smallest absolute Gasteiger partial charge is 0.240 e. The molecule has 1 saturated heterocycles. The van der Waals surface area contributed by atoms with Gasteiger partial charge in [0.15, 0.2) is 0 Å². The summed E-state index contributed by atoms with van der Waals surface area (Å²) < 4.78 is 51.0. The molecule has 0 unspecified atom stereocenters. The maximum absolute atomic E-state index is 12.1. The summed E-state index contributed by atoms with van der Waals surface area (Å²) in [6.07, 6.45) is 2.59. The molecule has 1 aromatic carbocycles. The summed E-state index contributed by atoms with van der Waals surface area (Å²) in [5, 5.41) is 3.10. The van der Waals surface area contributed by atoms with Crippen LogP contribution in [0.2, 0.25) is 5.02 Å². The second-order valence-electron chi connectivity index (χ2n) is 6.51. The van der Waals surface area contributed by atoms with Gasteiger partial charge in [-0.25, -0.2) is 25.9 Å². The fourth-order valence-corrected chi connectivity index (χ4v) is 5.01. The largest absolute Gasteiger partial charge is 0.356 e. The maximum atomic E-state index is 12.1. The molecular weight excluding hydrogens is 414 g/mol. The van der Waals surface area contributed by atoms with Crippen molar-refractivity contribution in [2.45, 2.75) is 24.2 Å². The van der Waals surface area contributed by atoms with Gasteiger partial charge in [-0.1, -0.05) is 17.7 Å². The molecule has 2 rings (SSSR count). The Morgan fingerprint density at radius 2 is 1.89 bits per heavy atom. The number of hydrogen-bond acceptors (Lipinski definition) is 5. The SMILES string of the molecule is CS(=O)(=O)N1CCC(CNC(=O)CCNS(=O)(=O)c2cccc(Cl)c2)CC1. The van der Waals surface area contributed by atoms with E-state index in [0.717, 1.165) is 0 Å². The number of hydrogen-bond donors (Lipinski definition) is 2. The highest BCUT2D eigenvalue weighted by Crippen LogP contribution is 2.18. The lowest BCUT2D eigenvalue weighted by molar-refractivity contribution is -0.121. The number of nitrogens with one attached hydrogen (secondary N) is 2. The van der Waals surface area contributed by atoms with E-state index in [2.05, 4.69) is 10.0 Å². The Morgan fingerprint density at radius 1 is 1.22 bits per heavy atom. The number of piperidine rings is 1. The van der Waals surface area contributed by atoms with Crippen LogP contribution in [0.5, 0.6) is 0 Å². The number of carbonyl (C=O) groups is 1. The predicted octanol–water partition coefficient (Wildman–Crippen LogP) is 0.796. The first-order valence-corrected chi connectivity index (χ1v) is 12.3. The van der Waals surface area contributed by atoms with Gasteiger partial charge >= 0.3 is 0 Å². The molecule has 0 atom stereocenters. The van der Waals surface area contributed by atoms with Crippen LogP contribution in [0.1, 0.15) is 19.3 Å². The molecule has 1 aliphatic heterocycles. The van der Waals surface area contributed by atoms with Gasteiger partial charge in [0, 0.05) is 37.6 Å². The number of benzene rings is 1. The first kappa shape index (κ1) is 22.1. The maximum Gasteiger partial charge on any atom is 0.240 e. The highest BCUT2D eigenvalue weighted by atomic mass is 35.5. The van der Waals surface area contributed by atoms with Gasteiger partial charge in [-0.15, -0.1) is 0 Å². The minimum absolute atomic E-state index is 0.0159. The molecular formula is C16H24ClN3O5S2. The molecule has 0 bridgehead atoms. The molecule has 0 radical (unpaired) electrons. The molecule has 152 valence electrons. The van der Waals surface area contributed by atoms with E-state index in [0.29, 0.717) is 37.5 Å². The highest BCUT2D eigenvalue weighted by molar-refractivity contribution is 7.89. The average molecular weight is 438 g/mol. The number of carbonyl (C=O) groups excluding carboxylic acids is 1. The fraction of sp³-hybridized carbons (Fsp3) is 0.562. The fourth-order valence-electron chi connectivity index (χ4n) is 2.81. The molecule has 2 N–H and O–H groups in total. The van der Waals surface area contributed by atoms with Crippen LogP contribution in [0.3, 0.4) is 0 Å². The summed E-state index contributed by atoms with van der Waals surface area (Å²) in [5.41, 5.74) is 0. The van der Waals surface area contributed by atoms with Gasteiger partial charge < -0.3 is 5.32 Å². The number of sulfonamides is 2. The zero-order valence-corrected chi connectivity index (χ0v) is 17.4. The van der Waals surface area contributed by atoms with Crippen molar-refractivity contribution in [2.75, 3.05) is 32.4 Å². The lowest BCUT2D eigenvalue weighted by Gasteiger charge is -2.30. The van der Waals surface area contributed by atoms with Crippen LogP contribution in [-0.4, -0.2) is 59.5 Å². The van der Waals surface area contributed by atoms with Crippen LogP contribution in [0.15, 0.2) is 29.2 Å². The molecule has 0 spiro atoms. The van der Waals surface area contributed by atoms with Crippen molar-refractivity contribution in [3.05, 3.63) is 29.3 Å². The highest BCUT2D eigenvalue weighted by Gasteiger charge is 2.25. The normalized spacial score (nSPS) is 17.0. The van der Waals surface area contributed by atoms with Crippen molar-refractivity contribution < 1.29 is 21.6 Å². The monoisotopic (exact) mass is 437 g/mol. The Bertz CT molecular complexity index is 866. The molecule has 1 aliphatic rings. The third-order valence-electron chi connectivity index (χ3n) is 4.38. The quantitative estimate of drug-likeness (QED) is 0.624. The van der Waals surface area contributed by atoms with Gasteiger partial charge in [0.05, 0.1) is 11.2 Å². The second kappa shape index (κ2) is 9.33. The van der Waals surface area contributed by atoms with E-state index in [1.807, 2.05) is 0 Å². The summed E-state index contributed by atoms with van der Waals surface area (Å²) in [4.78, 5) is 12.0. The number of rotatable bonds is 8. The van der Waals surface area contributed by atoms with Crippen molar-refractivity contribution in [1.29, 1.82) is 0 Å². The second-order valence-corrected chi connectivity index (χ2v) is 10.7. The topological polar surface area (TPSA) is 113 Å². The van der Waals surface area contributed by atoms with Gasteiger partial charge in [0.2, 0.25) is 26.0 Å². The van der Waals surface area contributed by atoms with Crippen molar-refractivity contribution in [3.63, 3.8) is 0 Å². The summed E-state index contributed by atoms with van der Waals surface area (Å²) in [6, 6.07) is 5.89. The first-order chi connectivity index (χ1) is 12.6. The average Bonchev–Trinajstić information content (AvgIpc) is 2.59. The standard InChI is InChI=1S/C16H24ClN3O5S2/c1-26(22,23)20-9-6-13(7-10-20)12-18-16(21)5-8-19-27(24,25)15-4-2-3-14(17)11-15/h2-4,11,13,19H,5-10,12H2,1H3,(H,18,21). The molecule has 0 aromatic heterocycles. The van der Waals surface area contributed by atoms with Gasteiger partial charge in [-0.05, 0) is 37.0 Å². The number of amides is 1. The third-order valence-corrected chi connectivity index (χ3v) is 7.38. The van der Waals surface area contributed by atoms with Crippen LogP contribution in [0.25, 0.3) is 0 Å². The van der Waals surface area contributed by atoms with E-state index < -0.39 is 20.0 Å². The number of nitrogens with zero attached hydrogens (tertiary/aromatic N) is 1. The Balaban J connectivity index is 1.70. The van der Waals surface area contributed by atoms with Crippen molar-refractivity contribution >= 4 is 37.6 Å². The lowest BCUT2D eigenvalue weighted by atomic mass is 9.98. The Kier molecular flexibility index (Phi) is 7.64. The summed E-state index contributed by atoms with van der Waals surface area (Å²) in [5.74, 6) is -0.0376. The van der Waals surface area contributed by atoms with Crippen LogP contribution < -0.4 is 10.0 Å². The Morgan fingerprint density at radius 3 is 2.48 bits per heavy atom. The molecule has 27 heavy (non-hydrogen) atoms. The molecule has 1 heterocycles. The van der Waals surface area contributed by atoms with Crippen molar-refractivity contribution in [1.82, 2.24) is 14.3 Å². The van der Waals surface area contributed by atoms with E-state index in [1.54, 1.807) is 12.1 Å². The molecule has 1 aromatic rings.